The molecule has 0 saturated carbocycles. The van der Waals surface area contributed by atoms with Crippen molar-refractivity contribution in [1.29, 1.82) is 0 Å². The number of carbonyl (C=O) groups excluding carboxylic acids is 2. The number of amides is 2. The summed E-state index contributed by atoms with van der Waals surface area (Å²) >= 11 is 0. The Bertz CT molecular complexity index is 743. The Kier molecular flexibility index (Phi) is 6.49. The zero-order valence-electron chi connectivity index (χ0n) is 15.2. The van der Waals surface area contributed by atoms with Gasteiger partial charge in [0.15, 0.2) is 5.76 Å². The summed E-state index contributed by atoms with van der Waals surface area (Å²) in [5, 5.41) is 3.02. The maximum atomic E-state index is 12.5. The van der Waals surface area contributed by atoms with Crippen LogP contribution in [0.2, 0.25) is 0 Å². The molecule has 7 nitrogen and oxygen atoms in total. The van der Waals surface area contributed by atoms with Crippen LogP contribution in [0.25, 0.3) is 0 Å². The third kappa shape index (κ3) is 5.10. The van der Waals surface area contributed by atoms with Crippen molar-refractivity contribution in [3.8, 4) is 5.75 Å². The van der Waals surface area contributed by atoms with Gasteiger partial charge in [0.2, 0.25) is 0 Å². The molecule has 1 saturated heterocycles. The number of furan rings is 1. The average Bonchev–Trinajstić information content (AvgIpc) is 3.23. The fourth-order valence-electron chi connectivity index (χ4n) is 3.08. The largest absolute Gasteiger partial charge is 0.494 e. The summed E-state index contributed by atoms with van der Waals surface area (Å²) < 4.78 is 10.7. The van der Waals surface area contributed by atoms with Gasteiger partial charge in [-0.05, 0) is 62.2 Å². The molecule has 1 aliphatic heterocycles. The maximum absolute atomic E-state index is 12.5. The maximum Gasteiger partial charge on any atom is 0.289 e. The van der Waals surface area contributed by atoms with Gasteiger partial charge in [0.05, 0.1) is 12.9 Å². The summed E-state index contributed by atoms with van der Waals surface area (Å²) in [6.07, 6.45) is 3.95. The van der Waals surface area contributed by atoms with E-state index in [1.54, 1.807) is 41.3 Å². The number of rotatable bonds is 7. The van der Waals surface area contributed by atoms with Crippen molar-refractivity contribution in [2.45, 2.75) is 25.3 Å². The lowest BCUT2D eigenvalue weighted by Crippen LogP contribution is -2.49. The number of ether oxygens (including phenoxy) is 1. The van der Waals surface area contributed by atoms with Crippen LogP contribution in [-0.2, 0) is 0 Å². The molecule has 1 fully saturated rings. The summed E-state index contributed by atoms with van der Waals surface area (Å²) in [4.78, 5) is 26.6. The molecule has 0 bridgehead atoms. The van der Waals surface area contributed by atoms with Gasteiger partial charge in [-0.2, -0.15) is 0 Å². The van der Waals surface area contributed by atoms with E-state index in [0.717, 1.165) is 19.3 Å². The van der Waals surface area contributed by atoms with Gasteiger partial charge in [0, 0.05) is 24.7 Å². The van der Waals surface area contributed by atoms with Crippen molar-refractivity contribution < 1.29 is 18.7 Å². The molecule has 3 rings (SSSR count). The molecular formula is C20H25N3O4. The lowest BCUT2D eigenvalue weighted by atomic mass is 10.0. The fraction of sp³-hybridized carbons (Fsp3) is 0.400. The minimum absolute atomic E-state index is 0.0781. The topological polar surface area (TPSA) is 97.8 Å². The third-order valence-electron chi connectivity index (χ3n) is 4.51. The summed E-state index contributed by atoms with van der Waals surface area (Å²) in [5.41, 5.74) is 6.00. The monoisotopic (exact) mass is 371 g/mol. The second-order valence-corrected chi connectivity index (χ2v) is 6.56. The van der Waals surface area contributed by atoms with Crippen molar-refractivity contribution in [1.82, 2.24) is 10.2 Å². The summed E-state index contributed by atoms with van der Waals surface area (Å²) in [6.45, 7) is 2.29. The van der Waals surface area contributed by atoms with Crippen LogP contribution in [0.1, 0.15) is 40.2 Å². The summed E-state index contributed by atoms with van der Waals surface area (Å²) in [7, 11) is 0. The van der Waals surface area contributed by atoms with Crippen molar-refractivity contribution in [2.75, 3.05) is 26.2 Å². The van der Waals surface area contributed by atoms with Crippen LogP contribution in [0.3, 0.4) is 0 Å². The molecule has 2 amide bonds. The molecule has 27 heavy (non-hydrogen) atoms. The number of likely N-dealkylation sites (tertiary alicyclic amines) is 1. The standard InChI is InChI=1S/C20H25N3O4/c21-10-3-13-26-17-8-6-15(7-9-17)19(24)22-16-4-1-11-23(14-16)20(25)18-5-2-12-27-18/h2,5-9,12,16H,1,3-4,10-11,13-14,21H2,(H,22,24)/t16-/m0/s1. The van der Waals surface area contributed by atoms with E-state index in [4.69, 9.17) is 14.9 Å². The number of carbonyl (C=O) groups is 2. The van der Waals surface area contributed by atoms with E-state index in [-0.39, 0.29) is 17.9 Å². The quantitative estimate of drug-likeness (QED) is 0.726. The molecule has 1 aliphatic rings. The first-order chi connectivity index (χ1) is 13.2. The zero-order chi connectivity index (χ0) is 19.1. The molecule has 3 N–H and O–H groups in total. The van der Waals surface area contributed by atoms with E-state index in [1.165, 1.54) is 6.26 Å². The molecule has 0 unspecified atom stereocenters. The van der Waals surface area contributed by atoms with Crippen LogP contribution < -0.4 is 15.8 Å². The number of nitrogens with zero attached hydrogens (tertiary/aromatic N) is 1. The van der Waals surface area contributed by atoms with Gasteiger partial charge >= 0.3 is 0 Å². The number of benzene rings is 1. The van der Waals surface area contributed by atoms with Crippen LogP contribution in [0.4, 0.5) is 0 Å². The summed E-state index contributed by atoms with van der Waals surface area (Å²) in [5.74, 6) is 0.749. The smallest absolute Gasteiger partial charge is 0.289 e. The molecule has 0 radical (unpaired) electrons. The number of nitrogens with two attached hydrogens (primary N) is 1. The molecule has 0 spiro atoms. The van der Waals surface area contributed by atoms with Crippen LogP contribution in [0.5, 0.6) is 5.75 Å². The molecular weight excluding hydrogens is 346 g/mol. The average molecular weight is 371 g/mol. The number of hydrogen-bond acceptors (Lipinski definition) is 5. The minimum atomic E-state index is -0.152. The van der Waals surface area contributed by atoms with Crippen molar-refractivity contribution in [3.05, 3.63) is 54.0 Å². The Hall–Kier alpha value is -2.80. The van der Waals surface area contributed by atoms with Crippen molar-refractivity contribution >= 4 is 11.8 Å². The lowest BCUT2D eigenvalue weighted by molar-refractivity contribution is 0.0647. The highest BCUT2D eigenvalue weighted by Gasteiger charge is 2.26. The zero-order valence-corrected chi connectivity index (χ0v) is 15.2. The predicted octanol–water partition coefficient (Wildman–Crippen LogP) is 2.04. The molecule has 0 aliphatic carbocycles. The Balaban J connectivity index is 1.53. The summed E-state index contributed by atoms with van der Waals surface area (Å²) in [6, 6.07) is 10.3. The molecule has 2 aromatic rings. The van der Waals surface area contributed by atoms with E-state index >= 15 is 0 Å². The molecule has 1 atom stereocenters. The van der Waals surface area contributed by atoms with Gasteiger partial charge in [-0.3, -0.25) is 9.59 Å². The first-order valence-corrected chi connectivity index (χ1v) is 9.24. The highest BCUT2D eigenvalue weighted by atomic mass is 16.5. The number of nitrogens with one attached hydrogen (secondary N) is 1. The lowest BCUT2D eigenvalue weighted by Gasteiger charge is -2.32. The first-order valence-electron chi connectivity index (χ1n) is 9.24. The van der Waals surface area contributed by atoms with E-state index in [9.17, 15) is 9.59 Å². The predicted molar refractivity (Wildman–Crippen MR) is 101 cm³/mol. The van der Waals surface area contributed by atoms with E-state index in [1.807, 2.05) is 0 Å². The van der Waals surface area contributed by atoms with Gasteiger partial charge in [0.1, 0.15) is 5.75 Å². The fourth-order valence-corrected chi connectivity index (χ4v) is 3.08. The van der Waals surface area contributed by atoms with E-state index in [2.05, 4.69) is 5.32 Å². The first kappa shape index (κ1) is 19.0. The Morgan fingerprint density at radius 2 is 2.07 bits per heavy atom. The normalized spacial score (nSPS) is 16.8. The van der Waals surface area contributed by atoms with E-state index in [0.29, 0.717) is 43.3 Å². The highest BCUT2D eigenvalue weighted by molar-refractivity contribution is 5.95. The molecule has 2 heterocycles. The van der Waals surface area contributed by atoms with Crippen LogP contribution in [0.15, 0.2) is 47.1 Å². The third-order valence-corrected chi connectivity index (χ3v) is 4.51. The number of hydrogen-bond donors (Lipinski definition) is 2. The van der Waals surface area contributed by atoms with Crippen LogP contribution >= 0.6 is 0 Å². The number of piperidine rings is 1. The van der Waals surface area contributed by atoms with Gasteiger partial charge in [-0.25, -0.2) is 0 Å². The van der Waals surface area contributed by atoms with Crippen LogP contribution in [0, 0.1) is 0 Å². The SMILES string of the molecule is NCCCOc1ccc(C(=O)N[C@H]2CCCN(C(=O)c3ccco3)C2)cc1. The van der Waals surface area contributed by atoms with E-state index < -0.39 is 0 Å². The molecule has 1 aromatic heterocycles. The van der Waals surface area contributed by atoms with Crippen LogP contribution in [-0.4, -0.2) is 49.0 Å². The van der Waals surface area contributed by atoms with Gasteiger partial charge in [-0.15, -0.1) is 0 Å². The Morgan fingerprint density at radius 1 is 1.26 bits per heavy atom. The van der Waals surface area contributed by atoms with Gasteiger partial charge < -0.3 is 25.1 Å². The Morgan fingerprint density at radius 3 is 2.78 bits per heavy atom. The molecule has 1 aromatic carbocycles. The Labute approximate surface area is 158 Å². The molecule has 144 valence electrons. The van der Waals surface area contributed by atoms with Crippen molar-refractivity contribution in [3.63, 3.8) is 0 Å². The second-order valence-electron chi connectivity index (χ2n) is 6.56. The highest BCUT2D eigenvalue weighted by Crippen LogP contribution is 2.16. The minimum Gasteiger partial charge on any atom is -0.494 e. The van der Waals surface area contributed by atoms with Gasteiger partial charge in [0.25, 0.3) is 11.8 Å². The molecule has 7 heteroatoms. The van der Waals surface area contributed by atoms with Gasteiger partial charge in [-0.1, -0.05) is 0 Å². The van der Waals surface area contributed by atoms with Crippen molar-refractivity contribution in [2.24, 2.45) is 5.73 Å². The second kappa shape index (κ2) is 9.23.